The minimum absolute atomic E-state index is 0.0703. The Kier molecular flexibility index (Phi) is 12.6. The van der Waals surface area contributed by atoms with Crippen LogP contribution in [0.25, 0.3) is 0 Å². The molecule has 1 aliphatic carbocycles. The number of ether oxygens (including phenoxy) is 2. The van der Waals surface area contributed by atoms with Crippen LogP contribution in [0.5, 0.6) is 0 Å². The predicted molar refractivity (Wildman–Crippen MR) is 201 cm³/mol. The number of rotatable bonds is 5. The Labute approximate surface area is 324 Å². The van der Waals surface area contributed by atoms with Gasteiger partial charge in [0.1, 0.15) is 29.3 Å². The number of allylic oxidation sites excluding steroid dienone is 1. The van der Waals surface area contributed by atoms with E-state index < -0.39 is 75.7 Å². The Morgan fingerprint density at radius 1 is 1.02 bits per heavy atom. The largest absolute Gasteiger partial charge is 0.444 e. The summed E-state index contributed by atoms with van der Waals surface area (Å²) in [5.41, 5.74) is -0.145. The van der Waals surface area contributed by atoms with Crippen molar-refractivity contribution < 1.29 is 41.9 Å². The molecule has 55 heavy (non-hydrogen) atoms. The van der Waals surface area contributed by atoms with E-state index in [0.29, 0.717) is 32.4 Å². The Morgan fingerprint density at radius 3 is 2.51 bits per heavy atom. The molecular weight excluding hydrogens is 729 g/mol. The standard InChI is InChI=1S/C39H54N6O9S/c1-38(2,3)54-36(49)40-30-17-9-6-4-5-8-15-27-23-39(27,35(48)42-55(51)52)41-33(46)31-22-28(24-45(31)34(30)47)53-37(50)44-21-18-26-14-10-11-16-29(26)32(44)25-43-19-12-7-13-20-43/h8,10-11,14-16,27-28,30-32H,4-7,9,12-13,17-25H2,1-3H3,(H,40,49)(H,41,46)/t27?,28?,30?,31?,32-,39?/m1/s1. The van der Waals surface area contributed by atoms with Crippen LogP contribution in [-0.2, 0) is 40.8 Å². The molecule has 15 nitrogen and oxygen atoms in total. The highest BCUT2D eigenvalue weighted by molar-refractivity contribution is 7.62. The molecule has 1 aromatic rings. The third kappa shape index (κ3) is 9.93. The van der Waals surface area contributed by atoms with Gasteiger partial charge in [-0.15, -0.1) is 0 Å². The van der Waals surface area contributed by atoms with E-state index in [0.717, 1.165) is 44.3 Å². The fraction of sp³-hybridized carbons (Fsp3) is 0.667. The fourth-order valence-electron chi connectivity index (χ4n) is 8.41. The van der Waals surface area contributed by atoms with Gasteiger partial charge in [-0.05, 0) is 89.9 Å². The lowest BCUT2D eigenvalue weighted by molar-refractivity contribution is -0.141. The zero-order valence-electron chi connectivity index (χ0n) is 32.0. The van der Waals surface area contributed by atoms with Crippen LogP contribution in [0.4, 0.5) is 9.59 Å². The van der Waals surface area contributed by atoms with Crippen LogP contribution in [0, 0.1) is 5.92 Å². The van der Waals surface area contributed by atoms with Crippen LogP contribution >= 0.6 is 0 Å². The van der Waals surface area contributed by atoms with E-state index in [2.05, 4.69) is 32.0 Å². The van der Waals surface area contributed by atoms with Gasteiger partial charge < -0.3 is 29.9 Å². The van der Waals surface area contributed by atoms with Crippen molar-refractivity contribution in [3.63, 3.8) is 0 Å². The van der Waals surface area contributed by atoms with Gasteiger partial charge in [-0.25, -0.2) is 9.59 Å². The predicted octanol–water partition coefficient (Wildman–Crippen LogP) is 4.06. The van der Waals surface area contributed by atoms with Gasteiger partial charge in [0.2, 0.25) is 11.8 Å². The highest BCUT2D eigenvalue weighted by Crippen LogP contribution is 2.46. The average Bonchev–Trinajstić information content (AvgIpc) is 3.66. The third-order valence-corrected chi connectivity index (χ3v) is 11.6. The van der Waals surface area contributed by atoms with Crippen LogP contribution in [0.3, 0.4) is 0 Å². The highest BCUT2D eigenvalue weighted by Gasteiger charge is 2.61. The first-order chi connectivity index (χ1) is 26.2. The van der Waals surface area contributed by atoms with Gasteiger partial charge in [-0.3, -0.25) is 19.3 Å². The van der Waals surface area contributed by atoms with E-state index in [-0.39, 0.29) is 31.8 Å². The van der Waals surface area contributed by atoms with Gasteiger partial charge >= 0.3 is 22.7 Å². The summed E-state index contributed by atoms with van der Waals surface area (Å²) in [5.74, 6) is -2.74. The SMILES string of the molecule is CC(C)(C)OC(=O)NC1CCCCCC=CC2CC2(C(=O)N=S(=O)=O)NC(=O)C2CC(OC(=O)N3CCc4ccccc4[C@H]3CN3CCCCC3)CN2C1=O. The molecule has 300 valence electrons. The molecule has 1 saturated carbocycles. The highest BCUT2D eigenvalue weighted by atomic mass is 32.2. The summed E-state index contributed by atoms with van der Waals surface area (Å²) in [7, 11) is -3.03. The van der Waals surface area contributed by atoms with E-state index in [1.54, 1.807) is 31.7 Å². The van der Waals surface area contributed by atoms with E-state index in [1.807, 2.05) is 18.2 Å². The molecule has 3 fully saturated rings. The molecule has 0 spiro atoms. The van der Waals surface area contributed by atoms with Crippen molar-refractivity contribution in [3.8, 4) is 0 Å². The molecular formula is C39H54N6O9S. The molecule has 2 saturated heterocycles. The minimum Gasteiger partial charge on any atom is -0.444 e. The average molecular weight is 783 g/mol. The normalized spacial score (nSPS) is 29.0. The van der Waals surface area contributed by atoms with E-state index in [4.69, 9.17) is 9.47 Å². The van der Waals surface area contributed by atoms with Crippen molar-refractivity contribution in [2.75, 3.05) is 32.7 Å². The van der Waals surface area contributed by atoms with Crippen molar-refractivity contribution in [3.05, 3.63) is 47.5 Å². The minimum atomic E-state index is -3.03. The smallest absolute Gasteiger partial charge is 0.410 e. The quantitative estimate of drug-likeness (QED) is 0.413. The van der Waals surface area contributed by atoms with Gasteiger partial charge in [0.25, 0.3) is 5.91 Å². The number of nitrogens with one attached hydrogen (secondary N) is 2. The lowest BCUT2D eigenvalue weighted by atomic mass is 9.92. The zero-order chi connectivity index (χ0) is 39.3. The number of benzene rings is 1. The van der Waals surface area contributed by atoms with Gasteiger partial charge in [0, 0.05) is 25.4 Å². The lowest BCUT2D eigenvalue weighted by Gasteiger charge is -2.40. The molecule has 1 aromatic carbocycles. The fourth-order valence-corrected chi connectivity index (χ4v) is 8.71. The van der Waals surface area contributed by atoms with Crippen molar-refractivity contribution in [2.24, 2.45) is 10.3 Å². The molecule has 2 N–H and O–H groups in total. The summed E-state index contributed by atoms with van der Waals surface area (Å²) in [4.78, 5) is 74.4. The maximum absolute atomic E-state index is 14.4. The summed E-state index contributed by atoms with van der Waals surface area (Å²) in [6.45, 7) is 8.03. The topological polar surface area (TPSA) is 184 Å². The van der Waals surface area contributed by atoms with Crippen molar-refractivity contribution in [1.29, 1.82) is 0 Å². The van der Waals surface area contributed by atoms with E-state index in [9.17, 15) is 32.4 Å². The monoisotopic (exact) mass is 782 g/mol. The molecule has 5 unspecified atom stereocenters. The molecule has 0 radical (unpaired) electrons. The second kappa shape index (κ2) is 17.2. The lowest BCUT2D eigenvalue weighted by Crippen LogP contribution is -2.56. The van der Waals surface area contributed by atoms with E-state index >= 15 is 0 Å². The molecule has 4 aliphatic heterocycles. The number of carbonyl (C=O) groups excluding carboxylic acids is 5. The molecule has 5 aliphatic rings. The maximum Gasteiger partial charge on any atom is 0.410 e. The second-order valence-electron chi connectivity index (χ2n) is 16.4. The van der Waals surface area contributed by atoms with Crippen LogP contribution < -0.4 is 10.6 Å². The first-order valence-corrected chi connectivity index (χ1v) is 20.7. The Bertz CT molecular complexity index is 1800. The van der Waals surface area contributed by atoms with Gasteiger partial charge in [-0.2, -0.15) is 8.42 Å². The second-order valence-corrected chi connectivity index (χ2v) is 17.0. The molecule has 4 heterocycles. The van der Waals surface area contributed by atoms with Crippen molar-refractivity contribution >= 4 is 40.4 Å². The number of alkyl carbamates (subject to hydrolysis) is 1. The summed E-state index contributed by atoms with van der Waals surface area (Å²) >= 11 is 0. The molecule has 6 rings (SSSR count). The summed E-state index contributed by atoms with van der Waals surface area (Å²) in [6, 6.07) is 5.65. The summed E-state index contributed by atoms with van der Waals surface area (Å²) in [5, 5.41) is 5.47. The van der Waals surface area contributed by atoms with Crippen LogP contribution in [0.1, 0.15) is 102 Å². The number of nitrogens with zero attached hydrogens (tertiary/aromatic N) is 4. The Balaban J connectivity index is 1.27. The Morgan fingerprint density at radius 2 is 1.76 bits per heavy atom. The summed E-state index contributed by atoms with van der Waals surface area (Å²) < 4.78 is 37.8. The van der Waals surface area contributed by atoms with Crippen LogP contribution in [0.2, 0.25) is 0 Å². The number of piperidine rings is 1. The number of amides is 5. The zero-order valence-corrected chi connectivity index (χ0v) is 32.9. The third-order valence-electron chi connectivity index (χ3n) is 11.3. The molecule has 0 aromatic heterocycles. The van der Waals surface area contributed by atoms with Gasteiger partial charge in [-0.1, -0.05) is 60.0 Å². The molecule has 16 heteroatoms. The maximum atomic E-state index is 14.4. The van der Waals surface area contributed by atoms with Gasteiger partial charge in [0.05, 0.1) is 12.6 Å². The van der Waals surface area contributed by atoms with Crippen LogP contribution in [0.15, 0.2) is 40.8 Å². The molecule has 0 bridgehead atoms. The van der Waals surface area contributed by atoms with Crippen molar-refractivity contribution in [1.82, 2.24) is 25.3 Å². The first-order valence-electron chi connectivity index (χ1n) is 19.7. The number of fused-ring (bicyclic) bond motifs is 3. The number of hydrogen-bond donors (Lipinski definition) is 2. The van der Waals surface area contributed by atoms with Gasteiger partial charge in [0.15, 0.2) is 0 Å². The molecule has 6 atom stereocenters. The molecule has 5 amide bonds. The number of likely N-dealkylation sites (tertiary alicyclic amines) is 1. The number of carbonyl (C=O) groups is 5. The van der Waals surface area contributed by atoms with Crippen LogP contribution in [-0.4, -0.2) is 115 Å². The van der Waals surface area contributed by atoms with E-state index in [1.165, 1.54) is 16.9 Å². The Hall–Kier alpha value is -4.31. The first kappa shape index (κ1) is 40.4. The summed E-state index contributed by atoms with van der Waals surface area (Å²) in [6.07, 6.45) is 8.65. The van der Waals surface area contributed by atoms with Crippen molar-refractivity contribution in [2.45, 2.75) is 127 Å². The number of hydrogen-bond acceptors (Lipinski definition) is 10.